The lowest BCUT2D eigenvalue weighted by Gasteiger charge is -2.27. The van der Waals surface area contributed by atoms with Crippen LogP contribution in [0.4, 0.5) is 5.13 Å². The number of aromatic nitrogens is 1. The molecule has 0 bridgehead atoms. The van der Waals surface area contributed by atoms with Gasteiger partial charge in [0.2, 0.25) is 0 Å². The summed E-state index contributed by atoms with van der Waals surface area (Å²) in [4.78, 5) is 22.1. The van der Waals surface area contributed by atoms with Crippen molar-refractivity contribution in [1.82, 2.24) is 9.88 Å². The van der Waals surface area contributed by atoms with E-state index in [1.165, 1.54) is 22.7 Å². The molecule has 0 atom stereocenters. The fourth-order valence-electron chi connectivity index (χ4n) is 3.33. The molecule has 160 valence electrons. The molecule has 0 radical (unpaired) electrons. The van der Waals surface area contributed by atoms with Crippen LogP contribution in [0.2, 0.25) is 8.67 Å². The lowest BCUT2D eigenvalue weighted by atomic mass is 10.2. The zero-order valence-electron chi connectivity index (χ0n) is 16.4. The average Bonchev–Trinajstić information content (AvgIpc) is 3.33. The molecular formula is C20H21Cl2N3O3S2. The highest BCUT2D eigenvalue weighted by Crippen LogP contribution is 2.36. The molecule has 0 aliphatic carbocycles. The van der Waals surface area contributed by atoms with Gasteiger partial charge in [-0.2, -0.15) is 0 Å². The lowest BCUT2D eigenvalue weighted by Crippen LogP contribution is -2.39. The Morgan fingerprint density at radius 3 is 2.77 bits per heavy atom. The van der Waals surface area contributed by atoms with Crippen molar-refractivity contribution >= 4 is 67.1 Å². The number of anilines is 1. The van der Waals surface area contributed by atoms with Gasteiger partial charge in [-0.3, -0.25) is 14.6 Å². The Hall–Kier alpha value is -1.42. The Morgan fingerprint density at radius 2 is 2.07 bits per heavy atom. The lowest BCUT2D eigenvalue weighted by molar-refractivity contribution is 0.0376. The van der Waals surface area contributed by atoms with Crippen LogP contribution in [0.25, 0.3) is 10.2 Å². The van der Waals surface area contributed by atoms with Crippen molar-refractivity contribution in [2.45, 2.75) is 6.42 Å². The second-order valence-electron chi connectivity index (χ2n) is 6.83. The molecule has 4 rings (SSSR count). The van der Waals surface area contributed by atoms with E-state index in [0.29, 0.717) is 25.9 Å². The monoisotopic (exact) mass is 485 g/mol. The van der Waals surface area contributed by atoms with E-state index in [9.17, 15) is 4.79 Å². The summed E-state index contributed by atoms with van der Waals surface area (Å²) in [5, 5.41) is 0.642. The molecule has 3 aromatic rings. The van der Waals surface area contributed by atoms with Gasteiger partial charge in [0, 0.05) is 26.2 Å². The number of methoxy groups -OCH3 is 1. The molecule has 1 aliphatic heterocycles. The van der Waals surface area contributed by atoms with Gasteiger partial charge >= 0.3 is 0 Å². The fourth-order valence-corrected chi connectivity index (χ4v) is 5.79. The number of thiophene rings is 1. The van der Waals surface area contributed by atoms with Crippen LogP contribution in [0, 0.1) is 0 Å². The minimum atomic E-state index is -0.184. The largest absolute Gasteiger partial charge is 0.497 e. The number of halogens is 2. The van der Waals surface area contributed by atoms with Crippen molar-refractivity contribution in [1.29, 1.82) is 0 Å². The Bertz CT molecular complexity index is 1030. The van der Waals surface area contributed by atoms with E-state index in [0.717, 1.165) is 55.2 Å². The number of thiazole rings is 1. The summed E-state index contributed by atoms with van der Waals surface area (Å²) in [6, 6.07) is 7.33. The summed E-state index contributed by atoms with van der Waals surface area (Å²) < 4.78 is 12.6. The highest BCUT2D eigenvalue weighted by molar-refractivity contribution is 7.22. The van der Waals surface area contributed by atoms with Gasteiger partial charge in [0.05, 0.1) is 40.4 Å². The number of hydrogen-bond acceptors (Lipinski definition) is 7. The summed E-state index contributed by atoms with van der Waals surface area (Å²) in [5.74, 6) is 0.576. The van der Waals surface area contributed by atoms with Crippen LogP contribution in [0.1, 0.15) is 16.8 Å². The van der Waals surface area contributed by atoms with E-state index in [1.54, 1.807) is 18.1 Å². The van der Waals surface area contributed by atoms with Crippen LogP contribution in [0.15, 0.2) is 24.3 Å². The van der Waals surface area contributed by atoms with Crippen LogP contribution in [0.3, 0.4) is 0 Å². The smallest absolute Gasteiger partial charge is 0.262 e. The van der Waals surface area contributed by atoms with Gasteiger partial charge in [0.15, 0.2) is 5.13 Å². The topological polar surface area (TPSA) is 54.9 Å². The van der Waals surface area contributed by atoms with Crippen molar-refractivity contribution in [2.75, 3.05) is 51.4 Å². The predicted octanol–water partition coefficient (Wildman–Crippen LogP) is 5.04. The third kappa shape index (κ3) is 4.90. The van der Waals surface area contributed by atoms with Gasteiger partial charge in [-0.05, 0) is 30.7 Å². The maximum absolute atomic E-state index is 13.4. The zero-order chi connectivity index (χ0) is 21.1. The van der Waals surface area contributed by atoms with Crippen molar-refractivity contribution in [2.24, 2.45) is 0 Å². The van der Waals surface area contributed by atoms with Crippen molar-refractivity contribution in [3.8, 4) is 5.75 Å². The van der Waals surface area contributed by atoms with Crippen molar-refractivity contribution in [3.63, 3.8) is 0 Å². The second kappa shape index (κ2) is 9.80. The summed E-state index contributed by atoms with van der Waals surface area (Å²) in [6.45, 7) is 4.78. The molecule has 1 amide bonds. The number of hydrogen-bond donors (Lipinski definition) is 0. The Labute approximate surface area is 192 Å². The van der Waals surface area contributed by atoms with Gasteiger partial charge in [0.1, 0.15) is 10.1 Å². The minimum absolute atomic E-state index is 0.184. The van der Waals surface area contributed by atoms with Crippen LogP contribution >= 0.6 is 45.9 Å². The number of benzene rings is 1. The van der Waals surface area contributed by atoms with E-state index in [4.69, 9.17) is 37.7 Å². The van der Waals surface area contributed by atoms with E-state index < -0.39 is 0 Å². The van der Waals surface area contributed by atoms with Gasteiger partial charge in [0.25, 0.3) is 5.91 Å². The van der Waals surface area contributed by atoms with Gasteiger partial charge in [-0.1, -0.05) is 34.5 Å². The zero-order valence-corrected chi connectivity index (χ0v) is 19.5. The molecule has 30 heavy (non-hydrogen) atoms. The van der Waals surface area contributed by atoms with Crippen molar-refractivity contribution < 1.29 is 14.3 Å². The first-order valence-corrected chi connectivity index (χ1v) is 12.0. The number of amides is 1. The van der Waals surface area contributed by atoms with Crippen LogP contribution < -0.4 is 9.64 Å². The molecule has 6 nitrogen and oxygen atoms in total. The number of fused-ring (bicyclic) bond motifs is 1. The first-order chi connectivity index (χ1) is 14.5. The first kappa shape index (κ1) is 21.8. The molecular weight excluding hydrogens is 465 g/mol. The molecule has 1 aromatic carbocycles. The molecule has 0 unspecified atom stereocenters. The van der Waals surface area contributed by atoms with Crippen molar-refractivity contribution in [3.05, 3.63) is 38.5 Å². The number of carbonyl (C=O) groups excluding carboxylic acids is 1. The maximum Gasteiger partial charge on any atom is 0.262 e. The molecule has 1 aliphatic rings. The molecule has 1 saturated heterocycles. The highest BCUT2D eigenvalue weighted by atomic mass is 35.5. The predicted molar refractivity (Wildman–Crippen MR) is 124 cm³/mol. The minimum Gasteiger partial charge on any atom is -0.497 e. The molecule has 10 heteroatoms. The molecule has 3 heterocycles. The number of rotatable bonds is 7. The van der Waals surface area contributed by atoms with Gasteiger partial charge in [-0.15, -0.1) is 11.3 Å². The van der Waals surface area contributed by atoms with E-state index in [-0.39, 0.29) is 5.91 Å². The SMILES string of the molecule is COc1ccc2nc(N(CCCN3CCOCC3)C(=O)c3cc(Cl)sc3Cl)sc2c1. The van der Waals surface area contributed by atoms with Gasteiger partial charge in [-0.25, -0.2) is 4.98 Å². The number of nitrogens with zero attached hydrogens (tertiary/aromatic N) is 3. The fraction of sp³-hybridized carbons (Fsp3) is 0.400. The van der Waals surface area contributed by atoms with Crippen LogP contribution in [0.5, 0.6) is 5.75 Å². The molecule has 2 aromatic heterocycles. The third-order valence-corrected chi connectivity index (χ3v) is 7.44. The number of carbonyl (C=O) groups is 1. The molecule has 0 N–H and O–H groups in total. The summed E-state index contributed by atoms with van der Waals surface area (Å²) in [6.07, 6.45) is 0.820. The average molecular weight is 486 g/mol. The van der Waals surface area contributed by atoms with Crippen LogP contribution in [-0.2, 0) is 4.74 Å². The normalized spacial score (nSPS) is 14.9. The Balaban J connectivity index is 1.59. The first-order valence-electron chi connectivity index (χ1n) is 9.56. The van der Waals surface area contributed by atoms with E-state index in [1.807, 2.05) is 18.2 Å². The third-order valence-electron chi connectivity index (χ3n) is 4.91. The van der Waals surface area contributed by atoms with E-state index in [2.05, 4.69) is 4.90 Å². The molecule has 0 saturated carbocycles. The quantitative estimate of drug-likeness (QED) is 0.468. The number of morpholine rings is 1. The highest BCUT2D eigenvalue weighted by Gasteiger charge is 2.25. The number of ether oxygens (including phenoxy) is 2. The Kier molecular flexibility index (Phi) is 7.12. The standard InChI is InChI=1S/C20H21Cl2N3O3S2/c1-27-13-3-4-15-16(11-13)29-20(23-15)25(6-2-5-24-7-9-28-10-8-24)19(26)14-12-17(21)30-18(14)22/h3-4,11-12H,2,5-10H2,1H3. The van der Waals surface area contributed by atoms with Gasteiger partial charge < -0.3 is 9.47 Å². The van der Waals surface area contributed by atoms with E-state index >= 15 is 0 Å². The summed E-state index contributed by atoms with van der Waals surface area (Å²) in [5.41, 5.74) is 1.24. The Morgan fingerprint density at radius 1 is 1.27 bits per heavy atom. The second-order valence-corrected chi connectivity index (χ2v) is 10.1. The summed E-state index contributed by atoms with van der Waals surface area (Å²) in [7, 11) is 1.63. The molecule has 0 spiro atoms. The maximum atomic E-state index is 13.4. The molecule has 1 fully saturated rings. The summed E-state index contributed by atoms with van der Waals surface area (Å²) >= 11 is 15.0. The van der Waals surface area contributed by atoms with Crippen LogP contribution in [-0.4, -0.2) is 62.3 Å².